The van der Waals surface area contributed by atoms with Gasteiger partial charge in [0.05, 0.1) is 6.42 Å². The van der Waals surface area contributed by atoms with Crippen molar-refractivity contribution in [1.29, 1.82) is 0 Å². The molecule has 0 aliphatic carbocycles. The van der Waals surface area contributed by atoms with E-state index < -0.39 is 5.97 Å². The summed E-state index contributed by atoms with van der Waals surface area (Å²) in [5.41, 5.74) is 1.73. The molecule has 2 N–H and O–H groups in total. The van der Waals surface area contributed by atoms with Crippen molar-refractivity contribution in [2.75, 3.05) is 25.5 Å². The molecule has 0 amide bonds. The Morgan fingerprint density at radius 3 is 2.78 bits per heavy atom. The van der Waals surface area contributed by atoms with Crippen LogP contribution in [0, 0.1) is 0 Å². The van der Waals surface area contributed by atoms with Crippen LogP contribution in [0.4, 0.5) is 5.69 Å². The molecule has 5 nitrogen and oxygen atoms in total. The van der Waals surface area contributed by atoms with Crippen LogP contribution in [0.15, 0.2) is 29.3 Å². The van der Waals surface area contributed by atoms with Crippen molar-refractivity contribution in [2.45, 2.75) is 12.8 Å². The van der Waals surface area contributed by atoms with Crippen LogP contribution in [0.3, 0.4) is 0 Å². The Kier molecular flexibility index (Phi) is 3.82. The number of hydrogen-bond donors (Lipinski definition) is 2. The van der Waals surface area contributed by atoms with Gasteiger partial charge in [0.15, 0.2) is 5.96 Å². The molecule has 0 atom stereocenters. The normalized spacial score (nSPS) is 15.2. The average molecular weight is 247 g/mol. The largest absolute Gasteiger partial charge is 0.481 e. The number of nitrogens with one attached hydrogen (secondary N) is 1. The fourth-order valence-electron chi connectivity index (χ4n) is 1.86. The zero-order chi connectivity index (χ0) is 13.0. The Hall–Kier alpha value is -2.04. The van der Waals surface area contributed by atoms with E-state index in [1.165, 1.54) is 0 Å². The van der Waals surface area contributed by atoms with E-state index in [9.17, 15) is 4.79 Å². The first-order valence-corrected chi connectivity index (χ1v) is 5.98. The van der Waals surface area contributed by atoms with E-state index in [1.54, 1.807) is 0 Å². The Bertz CT molecular complexity index is 454. The molecule has 0 spiro atoms. The van der Waals surface area contributed by atoms with Crippen molar-refractivity contribution in [1.82, 2.24) is 4.90 Å². The van der Waals surface area contributed by atoms with Crippen molar-refractivity contribution in [3.63, 3.8) is 0 Å². The summed E-state index contributed by atoms with van der Waals surface area (Å²) < 4.78 is 0. The van der Waals surface area contributed by atoms with Gasteiger partial charge in [0.25, 0.3) is 0 Å². The summed E-state index contributed by atoms with van der Waals surface area (Å²) >= 11 is 0. The molecule has 0 unspecified atom stereocenters. The van der Waals surface area contributed by atoms with Gasteiger partial charge < -0.3 is 15.3 Å². The number of benzene rings is 1. The van der Waals surface area contributed by atoms with Gasteiger partial charge in [-0.15, -0.1) is 0 Å². The van der Waals surface area contributed by atoms with Gasteiger partial charge in [0, 0.05) is 25.8 Å². The molecule has 0 saturated heterocycles. The molecule has 1 aliphatic rings. The molecule has 0 radical (unpaired) electrons. The van der Waals surface area contributed by atoms with Gasteiger partial charge in [0.1, 0.15) is 0 Å². The molecule has 0 aromatic heterocycles. The number of hydrogen-bond acceptors (Lipinski definition) is 4. The molecule has 1 aliphatic heterocycles. The van der Waals surface area contributed by atoms with Crippen molar-refractivity contribution < 1.29 is 9.90 Å². The molecular weight excluding hydrogens is 230 g/mol. The molecule has 0 fully saturated rings. The standard InChI is InChI=1S/C13H17N3O2/c1-16-8-2-7-14-13(16)15-11-5-3-10(4-6-11)9-12(17)18/h3-6H,2,7-9H2,1H3,(H,14,15)(H,17,18). The van der Waals surface area contributed by atoms with E-state index in [2.05, 4.69) is 15.2 Å². The van der Waals surface area contributed by atoms with E-state index in [4.69, 9.17) is 5.11 Å². The zero-order valence-corrected chi connectivity index (χ0v) is 10.4. The summed E-state index contributed by atoms with van der Waals surface area (Å²) in [6.45, 7) is 1.85. The molecule has 0 bridgehead atoms. The van der Waals surface area contributed by atoms with Crippen LogP contribution in [-0.2, 0) is 11.2 Å². The van der Waals surface area contributed by atoms with E-state index in [0.717, 1.165) is 36.7 Å². The van der Waals surface area contributed by atoms with E-state index in [-0.39, 0.29) is 6.42 Å². The second-order valence-corrected chi connectivity index (χ2v) is 4.37. The topological polar surface area (TPSA) is 64.9 Å². The number of rotatable bonds is 3. The molecule has 1 aromatic carbocycles. The lowest BCUT2D eigenvalue weighted by atomic mass is 10.1. The molecule has 1 aromatic rings. The number of aliphatic carboxylic acids is 1. The number of carboxylic acid groups (broad SMARTS) is 1. The van der Waals surface area contributed by atoms with Crippen molar-refractivity contribution in [3.8, 4) is 0 Å². The van der Waals surface area contributed by atoms with Gasteiger partial charge in [-0.25, -0.2) is 0 Å². The third kappa shape index (κ3) is 3.23. The maximum atomic E-state index is 10.6. The molecule has 18 heavy (non-hydrogen) atoms. The van der Waals surface area contributed by atoms with E-state index in [1.807, 2.05) is 31.3 Å². The van der Waals surface area contributed by atoms with Crippen LogP contribution in [0.25, 0.3) is 0 Å². The molecule has 1 heterocycles. The van der Waals surface area contributed by atoms with Crippen LogP contribution in [0.5, 0.6) is 0 Å². The maximum Gasteiger partial charge on any atom is 0.307 e. The number of anilines is 1. The Balaban J connectivity index is 2.01. The lowest BCUT2D eigenvalue weighted by Crippen LogP contribution is -2.37. The van der Waals surface area contributed by atoms with Crippen LogP contribution < -0.4 is 5.32 Å². The number of nitrogens with zero attached hydrogens (tertiary/aromatic N) is 2. The number of aliphatic imine (C=N–C) groups is 1. The Labute approximate surface area is 106 Å². The lowest BCUT2D eigenvalue weighted by Gasteiger charge is -2.25. The third-order valence-electron chi connectivity index (χ3n) is 2.84. The Morgan fingerprint density at radius 2 is 2.17 bits per heavy atom. The van der Waals surface area contributed by atoms with Gasteiger partial charge >= 0.3 is 5.97 Å². The van der Waals surface area contributed by atoms with Gasteiger partial charge in [-0.05, 0) is 24.1 Å². The summed E-state index contributed by atoms with van der Waals surface area (Å²) in [6, 6.07) is 7.39. The lowest BCUT2D eigenvalue weighted by molar-refractivity contribution is -0.136. The molecule has 96 valence electrons. The highest BCUT2D eigenvalue weighted by molar-refractivity contribution is 5.93. The van der Waals surface area contributed by atoms with Crippen molar-refractivity contribution in [3.05, 3.63) is 29.8 Å². The first kappa shape index (κ1) is 12.4. The SMILES string of the molecule is CN1CCCN=C1Nc1ccc(CC(=O)O)cc1. The number of guanidine groups is 1. The number of carboxylic acids is 1. The second-order valence-electron chi connectivity index (χ2n) is 4.37. The Morgan fingerprint density at radius 1 is 1.44 bits per heavy atom. The van der Waals surface area contributed by atoms with E-state index >= 15 is 0 Å². The first-order valence-electron chi connectivity index (χ1n) is 5.98. The molecule has 0 saturated carbocycles. The van der Waals surface area contributed by atoms with Gasteiger partial charge in [0.2, 0.25) is 0 Å². The minimum absolute atomic E-state index is 0.0567. The minimum atomic E-state index is -0.813. The van der Waals surface area contributed by atoms with Gasteiger partial charge in [-0.1, -0.05) is 12.1 Å². The predicted molar refractivity (Wildman–Crippen MR) is 71.0 cm³/mol. The quantitative estimate of drug-likeness (QED) is 0.847. The minimum Gasteiger partial charge on any atom is -0.481 e. The maximum absolute atomic E-state index is 10.6. The zero-order valence-electron chi connectivity index (χ0n) is 10.4. The van der Waals surface area contributed by atoms with Gasteiger partial charge in [-0.2, -0.15) is 0 Å². The monoisotopic (exact) mass is 247 g/mol. The van der Waals surface area contributed by atoms with Crippen LogP contribution >= 0.6 is 0 Å². The fraction of sp³-hybridized carbons (Fsp3) is 0.385. The summed E-state index contributed by atoms with van der Waals surface area (Å²) in [7, 11) is 2.00. The second kappa shape index (κ2) is 5.53. The fourth-order valence-corrected chi connectivity index (χ4v) is 1.86. The van der Waals surface area contributed by atoms with E-state index in [0.29, 0.717) is 0 Å². The third-order valence-corrected chi connectivity index (χ3v) is 2.84. The van der Waals surface area contributed by atoms with Crippen molar-refractivity contribution in [2.24, 2.45) is 4.99 Å². The molecule has 5 heteroatoms. The highest BCUT2D eigenvalue weighted by atomic mass is 16.4. The molecular formula is C13H17N3O2. The molecule has 2 rings (SSSR count). The highest BCUT2D eigenvalue weighted by Crippen LogP contribution is 2.12. The summed E-state index contributed by atoms with van der Waals surface area (Å²) in [6.07, 6.45) is 1.14. The first-order chi connectivity index (χ1) is 8.65. The summed E-state index contributed by atoms with van der Waals surface area (Å²) in [5, 5.41) is 11.9. The van der Waals surface area contributed by atoms with Gasteiger partial charge in [-0.3, -0.25) is 9.79 Å². The van der Waals surface area contributed by atoms with Crippen LogP contribution in [0.1, 0.15) is 12.0 Å². The van der Waals surface area contributed by atoms with Crippen LogP contribution in [0.2, 0.25) is 0 Å². The predicted octanol–water partition coefficient (Wildman–Crippen LogP) is 1.42. The number of carbonyl (C=O) groups is 1. The van der Waals surface area contributed by atoms with Crippen molar-refractivity contribution >= 4 is 17.6 Å². The highest BCUT2D eigenvalue weighted by Gasteiger charge is 2.10. The smallest absolute Gasteiger partial charge is 0.307 e. The summed E-state index contributed by atoms with van der Waals surface area (Å²) in [4.78, 5) is 17.1. The average Bonchev–Trinajstić information content (AvgIpc) is 2.34. The summed E-state index contributed by atoms with van der Waals surface area (Å²) in [5.74, 6) is 0.0549. The van der Waals surface area contributed by atoms with Crippen LogP contribution in [-0.4, -0.2) is 42.1 Å².